The Hall–Kier alpha value is -2.56. The summed E-state index contributed by atoms with van der Waals surface area (Å²) >= 11 is 0. The monoisotopic (exact) mass is 340 g/mol. The van der Waals surface area contributed by atoms with Gasteiger partial charge < -0.3 is 14.2 Å². The summed E-state index contributed by atoms with van der Waals surface area (Å²) in [5.41, 5.74) is 3.05. The van der Waals surface area contributed by atoms with E-state index < -0.39 is 0 Å². The number of amides is 2. The molecule has 132 valence electrons. The lowest BCUT2D eigenvalue weighted by Gasteiger charge is -2.21. The second-order valence-corrected chi connectivity index (χ2v) is 6.98. The van der Waals surface area contributed by atoms with Crippen molar-refractivity contribution in [2.75, 3.05) is 18.5 Å². The number of anilines is 1. The topological polar surface area (TPSA) is 53.8 Å². The van der Waals surface area contributed by atoms with Crippen LogP contribution in [0.1, 0.15) is 37.3 Å². The van der Waals surface area contributed by atoms with Crippen molar-refractivity contribution in [1.29, 1.82) is 0 Å². The summed E-state index contributed by atoms with van der Waals surface area (Å²) in [6.45, 7) is 5.21. The molecule has 2 heterocycles. The van der Waals surface area contributed by atoms with Gasteiger partial charge in [-0.05, 0) is 29.7 Å². The van der Waals surface area contributed by atoms with E-state index in [0.29, 0.717) is 19.0 Å². The smallest absolute Gasteiger partial charge is 0.228 e. The Morgan fingerprint density at radius 3 is 2.60 bits per heavy atom. The molecule has 1 saturated heterocycles. The number of carbonyl (C=O) groups excluding carboxylic acids is 2. The first kappa shape index (κ1) is 17.3. The van der Waals surface area contributed by atoms with Crippen LogP contribution in [0.15, 0.2) is 47.3 Å². The van der Waals surface area contributed by atoms with Crippen molar-refractivity contribution in [2.24, 2.45) is 5.92 Å². The number of rotatable bonds is 5. The molecule has 1 fully saturated rings. The quantitative estimate of drug-likeness (QED) is 0.838. The van der Waals surface area contributed by atoms with E-state index in [1.807, 2.05) is 30.3 Å². The first-order valence-electron chi connectivity index (χ1n) is 8.62. The number of hydrogen-bond donors (Lipinski definition) is 0. The fourth-order valence-electron chi connectivity index (χ4n) is 3.21. The van der Waals surface area contributed by atoms with E-state index in [4.69, 9.17) is 4.42 Å². The molecule has 1 atom stereocenters. The average molecular weight is 340 g/mol. The van der Waals surface area contributed by atoms with Crippen molar-refractivity contribution in [3.05, 3.63) is 54.0 Å². The van der Waals surface area contributed by atoms with Crippen LogP contribution in [-0.4, -0.2) is 30.3 Å². The van der Waals surface area contributed by atoms with E-state index in [9.17, 15) is 9.59 Å². The summed E-state index contributed by atoms with van der Waals surface area (Å²) in [5.74, 6) is 0.159. The zero-order valence-electron chi connectivity index (χ0n) is 14.9. The Morgan fingerprint density at radius 2 is 2.00 bits per heavy atom. The predicted molar refractivity (Wildman–Crippen MR) is 96.2 cm³/mol. The zero-order valence-corrected chi connectivity index (χ0v) is 14.9. The van der Waals surface area contributed by atoms with Crippen LogP contribution in [0.3, 0.4) is 0 Å². The Kier molecular flexibility index (Phi) is 4.93. The first-order valence-corrected chi connectivity index (χ1v) is 8.62. The molecule has 5 heteroatoms. The molecule has 0 spiro atoms. The molecule has 2 amide bonds. The molecule has 3 rings (SSSR count). The number of nitrogens with zero attached hydrogens (tertiary/aromatic N) is 2. The summed E-state index contributed by atoms with van der Waals surface area (Å²) in [6, 6.07) is 9.87. The van der Waals surface area contributed by atoms with Gasteiger partial charge in [-0.25, -0.2) is 0 Å². The van der Waals surface area contributed by atoms with E-state index in [-0.39, 0.29) is 24.2 Å². The van der Waals surface area contributed by atoms with Crippen LogP contribution in [0.4, 0.5) is 5.69 Å². The lowest BCUT2D eigenvalue weighted by molar-refractivity contribution is -0.135. The molecule has 0 bridgehead atoms. The number of hydrogen-bond acceptors (Lipinski definition) is 3. The van der Waals surface area contributed by atoms with Gasteiger partial charge in [0.25, 0.3) is 0 Å². The minimum atomic E-state index is -0.297. The van der Waals surface area contributed by atoms with Crippen molar-refractivity contribution in [3.8, 4) is 0 Å². The Balaban J connectivity index is 1.66. The fraction of sp³-hybridized carbons (Fsp3) is 0.400. The van der Waals surface area contributed by atoms with Crippen LogP contribution in [0.5, 0.6) is 0 Å². The van der Waals surface area contributed by atoms with Gasteiger partial charge >= 0.3 is 0 Å². The third-order valence-electron chi connectivity index (χ3n) is 4.72. The van der Waals surface area contributed by atoms with Crippen molar-refractivity contribution >= 4 is 17.5 Å². The van der Waals surface area contributed by atoms with Crippen LogP contribution < -0.4 is 4.90 Å². The van der Waals surface area contributed by atoms with Crippen molar-refractivity contribution in [2.45, 2.75) is 32.7 Å². The highest BCUT2D eigenvalue weighted by Crippen LogP contribution is 2.28. The lowest BCUT2D eigenvalue weighted by atomic mass is 10.0. The molecular weight excluding hydrogens is 316 g/mol. The average Bonchev–Trinajstić information content (AvgIpc) is 3.23. The summed E-state index contributed by atoms with van der Waals surface area (Å²) in [7, 11) is 1.76. The van der Waals surface area contributed by atoms with Gasteiger partial charge in [0.1, 0.15) is 0 Å². The highest BCUT2D eigenvalue weighted by atomic mass is 16.3. The van der Waals surface area contributed by atoms with Gasteiger partial charge in [-0.1, -0.05) is 26.0 Å². The normalized spacial score (nSPS) is 17.4. The third kappa shape index (κ3) is 3.76. The summed E-state index contributed by atoms with van der Waals surface area (Å²) in [6.07, 6.45) is 3.49. The molecule has 0 saturated carbocycles. The van der Waals surface area contributed by atoms with Gasteiger partial charge in [0.15, 0.2) is 0 Å². The predicted octanol–water partition coefficient (Wildman–Crippen LogP) is 3.41. The van der Waals surface area contributed by atoms with Gasteiger partial charge in [-0.15, -0.1) is 0 Å². The van der Waals surface area contributed by atoms with E-state index in [1.54, 1.807) is 29.4 Å². The van der Waals surface area contributed by atoms with Crippen molar-refractivity contribution in [3.63, 3.8) is 0 Å². The van der Waals surface area contributed by atoms with E-state index >= 15 is 0 Å². The Labute approximate surface area is 148 Å². The van der Waals surface area contributed by atoms with Crippen LogP contribution in [0.25, 0.3) is 0 Å². The third-order valence-corrected chi connectivity index (χ3v) is 4.72. The molecule has 1 aromatic heterocycles. The molecule has 2 aromatic rings. The molecule has 1 aliphatic heterocycles. The van der Waals surface area contributed by atoms with Crippen LogP contribution >= 0.6 is 0 Å². The van der Waals surface area contributed by atoms with Gasteiger partial charge in [-0.3, -0.25) is 9.59 Å². The molecule has 1 aromatic carbocycles. The molecular formula is C20H24N2O3. The molecule has 5 nitrogen and oxygen atoms in total. The number of furan rings is 1. The first-order chi connectivity index (χ1) is 12.0. The van der Waals surface area contributed by atoms with Crippen molar-refractivity contribution in [1.82, 2.24) is 4.90 Å². The summed E-state index contributed by atoms with van der Waals surface area (Å²) in [4.78, 5) is 28.4. The molecule has 0 radical (unpaired) electrons. The van der Waals surface area contributed by atoms with Crippen LogP contribution in [0, 0.1) is 5.92 Å². The second kappa shape index (κ2) is 7.13. The van der Waals surface area contributed by atoms with E-state index in [0.717, 1.165) is 11.3 Å². The van der Waals surface area contributed by atoms with Gasteiger partial charge in [-0.2, -0.15) is 0 Å². The summed E-state index contributed by atoms with van der Waals surface area (Å²) < 4.78 is 5.04. The maximum absolute atomic E-state index is 12.7. The highest BCUT2D eigenvalue weighted by molar-refractivity contribution is 6.00. The largest absolute Gasteiger partial charge is 0.472 e. The molecule has 0 N–H and O–H groups in total. The van der Waals surface area contributed by atoms with Crippen LogP contribution in [-0.2, 0) is 16.1 Å². The molecule has 0 unspecified atom stereocenters. The number of carbonyl (C=O) groups is 2. The van der Waals surface area contributed by atoms with Crippen LogP contribution in [0.2, 0.25) is 0 Å². The maximum Gasteiger partial charge on any atom is 0.228 e. The SMILES string of the molecule is CC(C)c1ccc(N2C[C@@H](C(=O)N(C)Cc3ccoc3)CC2=O)cc1. The van der Waals surface area contributed by atoms with Gasteiger partial charge in [0.05, 0.1) is 18.4 Å². The summed E-state index contributed by atoms with van der Waals surface area (Å²) in [5, 5.41) is 0. The molecule has 0 aliphatic carbocycles. The van der Waals surface area contributed by atoms with E-state index in [2.05, 4.69) is 13.8 Å². The zero-order chi connectivity index (χ0) is 18.0. The second-order valence-electron chi connectivity index (χ2n) is 6.98. The highest BCUT2D eigenvalue weighted by Gasteiger charge is 2.36. The number of benzene rings is 1. The van der Waals surface area contributed by atoms with E-state index in [1.165, 1.54) is 5.56 Å². The van der Waals surface area contributed by atoms with Gasteiger partial charge in [0, 0.05) is 37.8 Å². The Morgan fingerprint density at radius 1 is 1.28 bits per heavy atom. The minimum Gasteiger partial charge on any atom is -0.472 e. The Bertz CT molecular complexity index is 735. The maximum atomic E-state index is 12.7. The molecule has 25 heavy (non-hydrogen) atoms. The molecule has 1 aliphatic rings. The van der Waals surface area contributed by atoms with Gasteiger partial charge in [0.2, 0.25) is 11.8 Å². The lowest BCUT2D eigenvalue weighted by Crippen LogP contribution is -2.34. The minimum absolute atomic E-state index is 0.00384. The van der Waals surface area contributed by atoms with Crippen molar-refractivity contribution < 1.29 is 14.0 Å². The fourth-order valence-corrected chi connectivity index (χ4v) is 3.21. The standard InChI is InChI=1S/C20H24N2O3/c1-14(2)16-4-6-18(7-5-16)22-12-17(10-19(22)23)20(24)21(3)11-15-8-9-25-13-15/h4-9,13-14,17H,10-12H2,1-3H3/t17-/m0/s1.